The van der Waals surface area contributed by atoms with E-state index in [-0.39, 0.29) is 18.0 Å². The highest BCUT2D eigenvalue weighted by molar-refractivity contribution is 5.94. The molecule has 2 aromatic carbocycles. The Morgan fingerprint density at radius 1 is 1.20 bits per heavy atom. The van der Waals surface area contributed by atoms with E-state index >= 15 is 0 Å². The molecule has 1 aliphatic heterocycles. The fraction of sp³-hybridized carbons (Fsp3) is 0.286. The largest absolute Gasteiger partial charge is 0.497 e. The van der Waals surface area contributed by atoms with Crippen LogP contribution in [0.4, 0.5) is 5.69 Å². The Hall–Kier alpha value is -2.59. The van der Waals surface area contributed by atoms with Crippen LogP contribution >= 0.6 is 0 Å². The van der Waals surface area contributed by atoms with Gasteiger partial charge >= 0.3 is 0 Å². The average Bonchev–Trinajstić information content (AvgIpc) is 2.60. The third kappa shape index (κ3) is 3.17. The van der Waals surface area contributed by atoms with E-state index in [4.69, 9.17) is 10.5 Å². The summed E-state index contributed by atoms with van der Waals surface area (Å²) in [5.41, 5.74) is 11.4. The van der Waals surface area contributed by atoms with Crippen LogP contribution in [0.15, 0.2) is 49.0 Å². The van der Waals surface area contributed by atoms with Crippen molar-refractivity contribution < 1.29 is 9.53 Å². The van der Waals surface area contributed by atoms with Gasteiger partial charge in [0.2, 0.25) is 5.91 Å². The molecule has 0 spiro atoms. The second-order valence-electron chi connectivity index (χ2n) is 6.56. The molecule has 4 nitrogen and oxygen atoms in total. The molecule has 0 saturated heterocycles. The smallest absolute Gasteiger partial charge is 0.224 e. The Balaban J connectivity index is 1.99. The molecule has 2 aromatic rings. The fourth-order valence-corrected chi connectivity index (χ4v) is 3.53. The molecule has 0 aliphatic carbocycles. The van der Waals surface area contributed by atoms with E-state index in [1.807, 2.05) is 48.2 Å². The van der Waals surface area contributed by atoms with Crippen molar-refractivity contribution in [1.82, 2.24) is 0 Å². The highest BCUT2D eigenvalue weighted by Gasteiger charge is 2.30. The minimum atomic E-state index is -0.0620. The summed E-state index contributed by atoms with van der Waals surface area (Å²) >= 11 is 0. The Morgan fingerprint density at radius 3 is 2.44 bits per heavy atom. The molecule has 0 saturated carbocycles. The third-order valence-electron chi connectivity index (χ3n) is 4.85. The first-order valence-corrected chi connectivity index (χ1v) is 8.45. The maximum Gasteiger partial charge on any atom is 0.224 e. The number of carbonyl (C=O) groups excluding carboxylic acids is 1. The van der Waals surface area contributed by atoms with Crippen LogP contribution in [0.1, 0.15) is 37.4 Å². The third-order valence-corrected chi connectivity index (χ3v) is 4.85. The first-order chi connectivity index (χ1) is 11.9. The van der Waals surface area contributed by atoms with Crippen LogP contribution in [0.2, 0.25) is 0 Å². The number of amides is 1. The van der Waals surface area contributed by atoms with Crippen LogP contribution < -0.4 is 10.6 Å². The number of nitrogens with two attached hydrogens (primary N) is 1. The van der Waals surface area contributed by atoms with E-state index in [0.29, 0.717) is 5.76 Å². The zero-order valence-electron chi connectivity index (χ0n) is 15.0. The van der Waals surface area contributed by atoms with Gasteiger partial charge in [-0.15, -0.1) is 0 Å². The Kier molecular flexibility index (Phi) is 4.64. The first kappa shape index (κ1) is 17.2. The Labute approximate surface area is 148 Å². The minimum Gasteiger partial charge on any atom is -0.497 e. The molecule has 1 aliphatic rings. The van der Waals surface area contributed by atoms with E-state index in [0.717, 1.165) is 34.4 Å². The van der Waals surface area contributed by atoms with Gasteiger partial charge in [0.05, 0.1) is 7.11 Å². The topological polar surface area (TPSA) is 55.6 Å². The van der Waals surface area contributed by atoms with Gasteiger partial charge in [0.1, 0.15) is 5.76 Å². The second kappa shape index (κ2) is 6.73. The summed E-state index contributed by atoms with van der Waals surface area (Å²) < 4.78 is 5.17. The molecule has 2 atom stereocenters. The summed E-state index contributed by atoms with van der Waals surface area (Å²) in [7, 11) is 1.61. The predicted octanol–water partition coefficient (Wildman–Crippen LogP) is 4.12. The lowest BCUT2D eigenvalue weighted by molar-refractivity contribution is -0.117. The number of ether oxygens (including phenoxy) is 1. The lowest BCUT2D eigenvalue weighted by atomic mass is 9.89. The fourth-order valence-electron chi connectivity index (χ4n) is 3.53. The van der Waals surface area contributed by atoms with Crippen molar-refractivity contribution in [2.24, 2.45) is 5.73 Å². The molecule has 4 heteroatoms. The molecule has 1 amide bonds. The number of methoxy groups -OCH3 is 1. The number of benzene rings is 2. The molecule has 0 bridgehead atoms. The summed E-state index contributed by atoms with van der Waals surface area (Å²) in [5.74, 6) is 0.695. The van der Waals surface area contributed by atoms with Crippen LogP contribution in [-0.4, -0.2) is 19.1 Å². The maximum absolute atomic E-state index is 12.0. The standard InChI is InChI=1S/C21H24N2O2/c1-13-11-20(22)19-12-18(9-10-21(19)23(13)15(3)24)17-7-5-16(6-8-17)14(2)25-4/h5-10,12-13,20H,2,11,22H2,1,3-4H3/t13-,20+/m0/s1. The van der Waals surface area contributed by atoms with E-state index in [9.17, 15) is 4.79 Å². The van der Waals surface area contributed by atoms with Gasteiger partial charge in [0.25, 0.3) is 0 Å². The van der Waals surface area contributed by atoms with Gasteiger partial charge in [-0.3, -0.25) is 4.79 Å². The number of nitrogens with zero attached hydrogens (tertiary/aromatic N) is 1. The van der Waals surface area contributed by atoms with Crippen molar-refractivity contribution in [3.05, 3.63) is 60.2 Å². The molecule has 25 heavy (non-hydrogen) atoms. The van der Waals surface area contributed by atoms with Crippen molar-refractivity contribution in [3.63, 3.8) is 0 Å². The molecule has 0 aromatic heterocycles. The second-order valence-corrected chi connectivity index (χ2v) is 6.56. The molecule has 130 valence electrons. The van der Waals surface area contributed by atoms with E-state index in [1.54, 1.807) is 14.0 Å². The SMILES string of the molecule is C=C(OC)c1ccc(-c2ccc3c(c2)[C@H](N)C[C@H](C)N3C(C)=O)cc1. The number of rotatable bonds is 3. The van der Waals surface area contributed by atoms with Gasteiger partial charge in [0, 0.05) is 30.3 Å². The Bertz CT molecular complexity index is 811. The lowest BCUT2D eigenvalue weighted by Gasteiger charge is -2.38. The van der Waals surface area contributed by atoms with Crippen molar-refractivity contribution >= 4 is 17.4 Å². The van der Waals surface area contributed by atoms with Gasteiger partial charge in [-0.05, 0) is 42.2 Å². The molecule has 0 fully saturated rings. The molecular weight excluding hydrogens is 312 g/mol. The molecule has 0 unspecified atom stereocenters. The number of fused-ring (bicyclic) bond motifs is 1. The molecule has 1 heterocycles. The van der Waals surface area contributed by atoms with Crippen LogP contribution in [0, 0.1) is 0 Å². The van der Waals surface area contributed by atoms with E-state index in [1.165, 1.54) is 0 Å². The summed E-state index contributed by atoms with van der Waals surface area (Å²) in [6.45, 7) is 7.51. The highest BCUT2D eigenvalue weighted by Crippen LogP contribution is 2.38. The number of anilines is 1. The van der Waals surface area contributed by atoms with Crippen molar-refractivity contribution in [3.8, 4) is 11.1 Å². The van der Waals surface area contributed by atoms with Gasteiger partial charge in [-0.25, -0.2) is 0 Å². The quantitative estimate of drug-likeness (QED) is 0.858. The van der Waals surface area contributed by atoms with Gasteiger partial charge in [0.15, 0.2) is 0 Å². The average molecular weight is 336 g/mol. The van der Waals surface area contributed by atoms with Gasteiger partial charge < -0.3 is 15.4 Å². The van der Waals surface area contributed by atoms with Gasteiger partial charge in [-0.2, -0.15) is 0 Å². The van der Waals surface area contributed by atoms with Crippen LogP contribution in [0.25, 0.3) is 16.9 Å². The van der Waals surface area contributed by atoms with Crippen LogP contribution in [0.5, 0.6) is 0 Å². The monoisotopic (exact) mass is 336 g/mol. The summed E-state index contributed by atoms with van der Waals surface area (Å²) in [6, 6.07) is 14.3. The maximum atomic E-state index is 12.0. The predicted molar refractivity (Wildman–Crippen MR) is 102 cm³/mol. The first-order valence-electron chi connectivity index (χ1n) is 8.45. The number of carbonyl (C=O) groups is 1. The van der Waals surface area contributed by atoms with Crippen LogP contribution in [0.3, 0.4) is 0 Å². The number of hydrogen-bond acceptors (Lipinski definition) is 3. The number of hydrogen-bond donors (Lipinski definition) is 1. The minimum absolute atomic E-state index is 0.0517. The van der Waals surface area contributed by atoms with Gasteiger partial charge in [-0.1, -0.05) is 36.9 Å². The van der Waals surface area contributed by atoms with E-state index < -0.39 is 0 Å². The molecule has 0 radical (unpaired) electrons. The summed E-state index contributed by atoms with van der Waals surface area (Å²) in [4.78, 5) is 13.9. The molecule has 3 rings (SSSR count). The Morgan fingerprint density at radius 2 is 1.84 bits per heavy atom. The highest BCUT2D eigenvalue weighted by atomic mass is 16.5. The van der Waals surface area contributed by atoms with E-state index in [2.05, 4.69) is 12.6 Å². The molecule has 2 N–H and O–H groups in total. The van der Waals surface area contributed by atoms with Crippen molar-refractivity contribution in [1.29, 1.82) is 0 Å². The molecular formula is C21H24N2O2. The lowest BCUT2D eigenvalue weighted by Crippen LogP contribution is -2.43. The van der Waals surface area contributed by atoms with Crippen molar-refractivity contribution in [2.45, 2.75) is 32.4 Å². The van der Waals surface area contributed by atoms with Crippen molar-refractivity contribution in [2.75, 3.05) is 12.0 Å². The van der Waals surface area contributed by atoms with Crippen LogP contribution in [-0.2, 0) is 9.53 Å². The summed E-state index contributed by atoms with van der Waals surface area (Å²) in [6.07, 6.45) is 0.767. The normalized spacial score (nSPS) is 19.3. The zero-order chi connectivity index (χ0) is 18.1. The zero-order valence-corrected chi connectivity index (χ0v) is 15.0. The summed E-state index contributed by atoms with van der Waals surface area (Å²) in [5, 5.41) is 0.